The van der Waals surface area contributed by atoms with E-state index in [1.165, 1.54) is 16.7 Å². The van der Waals surface area contributed by atoms with Gasteiger partial charge in [0.15, 0.2) is 5.69 Å². The number of hydrogen-bond acceptors (Lipinski definition) is 4. The van der Waals surface area contributed by atoms with E-state index in [0.717, 1.165) is 4.47 Å². The molecule has 0 saturated carbocycles. The van der Waals surface area contributed by atoms with Crippen LogP contribution in [0.2, 0.25) is 0 Å². The number of thiazole rings is 1. The number of carboxylic acid groups (broad SMARTS) is 1. The number of carbonyl (C=O) groups excluding carboxylic acids is 1. The van der Waals surface area contributed by atoms with Gasteiger partial charge in [-0.05, 0) is 31.2 Å². The van der Waals surface area contributed by atoms with Gasteiger partial charge in [0.25, 0.3) is 0 Å². The number of aromatic nitrogens is 1. The topological polar surface area (TPSA) is 79.3 Å². The van der Waals surface area contributed by atoms with Crippen LogP contribution in [0, 0.1) is 0 Å². The van der Waals surface area contributed by atoms with Gasteiger partial charge < -0.3 is 10.4 Å². The van der Waals surface area contributed by atoms with E-state index < -0.39 is 11.9 Å². The summed E-state index contributed by atoms with van der Waals surface area (Å²) in [6.07, 6.45) is 0. The van der Waals surface area contributed by atoms with Crippen molar-refractivity contribution in [3.8, 4) is 0 Å². The van der Waals surface area contributed by atoms with E-state index in [4.69, 9.17) is 5.11 Å². The molecule has 0 radical (unpaired) electrons. The number of halogens is 1. The number of nitrogens with one attached hydrogen (secondary N) is 1. The summed E-state index contributed by atoms with van der Waals surface area (Å²) in [5, 5.41) is 13.5. The van der Waals surface area contributed by atoms with Gasteiger partial charge in [-0.3, -0.25) is 4.79 Å². The minimum Gasteiger partial charge on any atom is -0.476 e. The Kier molecular flexibility index (Phi) is 4.51. The van der Waals surface area contributed by atoms with Gasteiger partial charge in [-0.15, -0.1) is 11.3 Å². The molecule has 0 unspecified atom stereocenters. The average Bonchev–Trinajstić information content (AvgIpc) is 2.90. The second-order valence-corrected chi connectivity index (χ2v) is 5.90. The highest BCUT2D eigenvalue weighted by Crippen LogP contribution is 2.22. The third-order valence-corrected chi connectivity index (χ3v) is 4.17. The molecular weight excluding hydrogens is 344 g/mol. The molecule has 1 heterocycles. The van der Waals surface area contributed by atoms with E-state index in [2.05, 4.69) is 26.2 Å². The molecule has 1 atom stereocenters. The molecule has 5 nitrogen and oxygen atoms in total. The minimum atomic E-state index is -1.09. The summed E-state index contributed by atoms with van der Waals surface area (Å²) in [5.74, 6) is -1.82. The number of amides is 1. The van der Waals surface area contributed by atoms with Crippen molar-refractivity contribution >= 4 is 44.8 Å². The maximum atomic E-state index is 12.1. The van der Waals surface area contributed by atoms with Crippen molar-refractivity contribution in [2.75, 3.05) is 5.32 Å². The maximum absolute atomic E-state index is 12.1. The molecule has 0 spiro atoms. The number of carboxylic acids is 1. The molecule has 0 bridgehead atoms. The molecule has 2 aromatic rings. The quantitative estimate of drug-likeness (QED) is 0.882. The van der Waals surface area contributed by atoms with E-state index in [-0.39, 0.29) is 11.6 Å². The lowest BCUT2D eigenvalue weighted by Crippen LogP contribution is -2.18. The summed E-state index contributed by atoms with van der Waals surface area (Å²) in [6.45, 7) is 1.69. The highest BCUT2D eigenvalue weighted by molar-refractivity contribution is 9.10. The summed E-state index contributed by atoms with van der Waals surface area (Å²) in [6, 6.07) is 7.21. The van der Waals surface area contributed by atoms with Gasteiger partial charge in [-0.2, -0.15) is 0 Å². The largest absolute Gasteiger partial charge is 0.476 e. The molecule has 104 valence electrons. The number of benzene rings is 1. The van der Waals surface area contributed by atoms with Crippen LogP contribution in [-0.4, -0.2) is 22.0 Å². The van der Waals surface area contributed by atoms with E-state index in [9.17, 15) is 9.59 Å². The molecule has 0 aliphatic heterocycles. The smallest absolute Gasteiger partial charge is 0.355 e. The van der Waals surface area contributed by atoms with E-state index in [0.29, 0.717) is 10.7 Å². The van der Waals surface area contributed by atoms with Crippen molar-refractivity contribution in [3.05, 3.63) is 44.8 Å². The van der Waals surface area contributed by atoms with Crippen LogP contribution < -0.4 is 5.32 Å². The molecule has 7 heteroatoms. The molecule has 2 N–H and O–H groups in total. The van der Waals surface area contributed by atoms with Gasteiger partial charge in [0.05, 0.1) is 5.92 Å². The zero-order valence-electron chi connectivity index (χ0n) is 10.5. The Morgan fingerprint density at radius 1 is 1.35 bits per heavy atom. The summed E-state index contributed by atoms with van der Waals surface area (Å²) in [4.78, 5) is 26.8. The van der Waals surface area contributed by atoms with Gasteiger partial charge in [0, 0.05) is 15.5 Å². The van der Waals surface area contributed by atoms with Gasteiger partial charge >= 0.3 is 5.97 Å². The molecule has 1 aromatic carbocycles. The fourth-order valence-corrected chi connectivity index (χ4v) is 2.59. The lowest BCUT2D eigenvalue weighted by atomic mass is 10.1. The first kappa shape index (κ1) is 14.7. The summed E-state index contributed by atoms with van der Waals surface area (Å²) < 4.78 is 0.926. The van der Waals surface area contributed by atoms with Crippen LogP contribution >= 0.6 is 27.3 Å². The Labute approximate surface area is 127 Å². The average molecular weight is 355 g/mol. The van der Waals surface area contributed by atoms with Crippen molar-refractivity contribution in [1.29, 1.82) is 0 Å². The van der Waals surface area contributed by atoms with Gasteiger partial charge in [-0.1, -0.05) is 15.9 Å². The SMILES string of the molecule is C[C@@H](C(=O)Nc1ccc(Br)cc1)c1nc(C(=O)O)cs1. The molecular formula is C13H11BrN2O3S. The van der Waals surface area contributed by atoms with Crippen LogP contribution in [0.1, 0.15) is 28.3 Å². The Bertz CT molecular complexity index is 639. The number of aromatic carboxylic acids is 1. The van der Waals surface area contributed by atoms with Crippen LogP contribution in [0.3, 0.4) is 0 Å². The fourth-order valence-electron chi connectivity index (χ4n) is 1.48. The highest BCUT2D eigenvalue weighted by atomic mass is 79.9. The highest BCUT2D eigenvalue weighted by Gasteiger charge is 2.20. The van der Waals surface area contributed by atoms with Gasteiger partial charge in [0.2, 0.25) is 5.91 Å². The Morgan fingerprint density at radius 2 is 2.00 bits per heavy atom. The summed E-state index contributed by atoms with van der Waals surface area (Å²) in [7, 11) is 0. The molecule has 2 rings (SSSR count). The van der Waals surface area contributed by atoms with Crippen molar-refractivity contribution < 1.29 is 14.7 Å². The van der Waals surface area contributed by atoms with Crippen molar-refractivity contribution in [3.63, 3.8) is 0 Å². The molecule has 1 aromatic heterocycles. The number of anilines is 1. The van der Waals surface area contributed by atoms with Crippen molar-refractivity contribution in [2.45, 2.75) is 12.8 Å². The summed E-state index contributed by atoms with van der Waals surface area (Å²) >= 11 is 4.48. The molecule has 0 saturated heterocycles. The molecule has 1 amide bonds. The molecule has 0 aliphatic rings. The van der Waals surface area contributed by atoms with E-state index in [1.54, 1.807) is 19.1 Å². The first-order valence-electron chi connectivity index (χ1n) is 5.72. The third-order valence-electron chi connectivity index (χ3n) is 2.62. The molecule has 20 heavy (non-hydrogen) atoms. The fraction of sp³-hybridized carbons (Fsp3) is 0.154. The number of rotatable bonds is 4. The lowest BCUT2D eigenvalue weighted by molar-refractivity contribution is -0.117. The first-order valence-corrected chi connectivity index (χ1v) is 7.40. The van der Waals surface area contributed by atoms with Crippen molar-refractivity contribution in [2.24, 2.45) is 0 Å². The number of carbonyl (C=O) groups is 2. The third kappa shape index (κ3) is 3.43. The van der Waals surface area contributed by atoms with E-state index >= 15 is 0 Å². The van der Waals surface area contributed by atoms with Gasteiger partial charge in [-0.25, -0.2) is 9.78 Å². The Morgan fingerprint density at radius 3 is 2.55 bits per heavy atom. The van der Waals surface area contributed by atoms with E-state index in [1.807, 2.05) is 12.1 Å². The minimum absolute atomic E-state index is 0.0340. The maximum Gasteiger partial charge on any atom is 0.355 e. The Hall–Kier alpha value is -1.73. The van der Waals surface area contributed by atoms with Gasteiger partial charge in [0.1, 0.15) is 5.01 Å². The monoisotopic (exact) mass is 354 g/mol. The Balaban J connectivity index is 2.07. The van der Waals surface area contributed by atoms with Crippen LogP contribution in [0.4, 0.5) is 5.69 Å². The number of nitrogens with zero attached hydrogens (tertiary/aromatic N) is 1. The van der Waals surface area contributed by atoms with Crippen molar-refractivity contribution in [1.82, 2.24) is 4.98 Å². The van der Waals surface area contributed by atoms with Crippen LogP contribution in [0.15, 0.2) is 34.1 Å². The van der Waals surface area contributed by atoms with Crippen LogP contribution in [0.5, 0.6) is 0 Å². The molecule has 0 fully saturated rings. The predicted octanol–water partition coefficient (Wildman–Crippen LogP) is 3.35. The summed E-state index contributed by atoms with van der Waals surface area (Å²) in [5.41, 5.74) is 0.647. The standard InChI is InChI=1S/C13H11BrN2O3S/c1-7(12-16-10(6-20-12)13(18)19)11(17)15-9-4-2-8(14)3-5-9/h2-7H,1H3,(H,15,17)(H,18,19)/t7-/m0/s1. The van der Waals surface area contributed by atoms with Crippen LogP contribution in [-0.2, 0) is 4.79 Å². The lowest BCUT2D eigenvalue weighted by Gasteiger charge is -2.09. The zero-order chi connectivity index (χ0) is 14.7. The second-order valence-electron chi connectivity index (χ2n) is 4.09. The molecule has 0 aliphatic carbocycles. The number of hydrogen-bond donors (Lipinski definition) is 2. The second kappa shape index (κ2) is 6.15. The normalized spacial score (nSPS) is 11.9. The first-order chi connectivity index (χ1) is 9.47. The predicted molar refractivity (Wildman–Crippen MR) is 80.3 cm³/mol. The van der Waals surface area contributed by atoms with Crippen LogP contribution in [0.25, 0.3) is 0 Å². The zero-order valence-corrected chi connectivity index (χ0v) is 12.9.